The Labute approximate surface area is 116 Å². The molecule has 5 heteroatoms. The summed E-state index contributed by atoms with van der Waals surface area (Å²) in [7, 11) is 3.35. The van der Waals surface area contributed by atoms with E-state index < -0.39 is 0 Å². The Hall–Kier alpha value is -2.01. The van der Waals surface area contributed by atoms with Crippen LogP contribution in [0.5, 0.6) is 5.75 Å². The molecule has 100 valence electrons. The predicted molar refractivity (Wildman–Crippen MR) is 77.8 cm³/mol. The van der Waals surface area contributed by atoms with Gasteiger partial charge in [-0.1, -0.05) is 12.1 Å². The van der Waals surface area contributed by atoms with Gasteiger partial charge in [-0.2, -0.15) is 11.3 Å². The minimum atomic E-state index is -0.157. The van der Waals surface area contributed by atoms with Crippen molar-refractivity contribution >= 4 is 23.1 Å². The van der Waals surface area contributed by atoms with Crippen LogP contribution in [0.3, 0.4) is 0 Å². The number of methoxy groups -OCH3 is 1. The van der Waals surface area contributed by atoms with Gasteiger partial charge in [-0.15, -0.1) is 0 Å². The third-order valence-electron chi connectivity index (χ3n) is 2.70. The summed E-state index contributed by atoms with van der Waals surface area (Å²) in [5, 5.41) is 6.87. The van der Waals surface area contributed by atoms with Crippen LogP contribution < -0.4 is 10.1 Å². The van der Waals surface area contributed by atoms with E-state index in [0.29, 0.717) is 18.0 Å². The number of nitrogens with zero attached hydrogens (tertiary/aromatic N) is 1. The normalized spacial score (nSPS) is 10.0. The molecule has 0 saturated heterocycles. The van der Waals surface area contributed by atoms with E-state index in [2.05, 4.69) is 5.32 Å². The van der Waals surface area contributed by atoms with Gasteiger partial charge in [-0.05, 0) is 34.5 Å². The summed E-state index contributed by atoms with van der Waals surface area (Å²) >= 11 is 1.62. The number of hydrogen-bond acceptors (Lipinski definition) is 3. The number of thiophene rings is 1. The van der Waals surface area contributed by atoms with Gasteiger partial charge in [0, 0.05) is 13.6 Å². The number of carbonyl (C=O) groups is 1. The van der Waals surface area contributed by atoms with Crippen LogP contribution in [0, 0.1) is 0 Å². The van der Waals surface area contributed by atoms with E-state index in [1.807, 2.05) is 41.1 Å². The average molecular weight is 276 g/mol. The van der Waals surface area contributed by atoms with E-state index in [4.69, 9.17) is 4.74 Å². The third kappa shape index (κ3) is 3.48. The van der Waals surface area contributed by atoms with Crippen LogP contribution in [0.4, 0.5) is 10.5 Å². The zero-order valence-electron chi connectivity index (χ0n) is 10.9. The van der Waals surface area contributed by atoms with Crippen molar-refractivity contribution in [2.24, 2.45) is 0 Å². The van der Waals surface area contributed by atoms with Gasteiger partial charge in [0.05, 0.1) is 12.8 Å². The highest BCUT2D eigenvalue weighted by Crippen LogP contribution is 2.23. The van der Waals surface area contributed by atoms with Gasteiger partial charge in [0.2, 0.25) is 0 Å². The molecule has 2 rings (SSSR count). The van der Waals surface area contributed by atoms with Crippen molar-refractivity contribution < 1.29 is 9.53 Å². The van der Waals surface area contributed by atoms with Crippen LogP contribution in [-0.4, -0.2) is 25.1 Å². The van der Waals surface area contributed by atoms with E-state index in [0.717, 1.165) is 5.56 Å². The Bertz CT molecular complexity index is 540. The van der Waals surface area contributed by atoms with Crippen LogP contribution in [0.2, 0.25) is 0 Å². The molecule has 0 bridgehead atoms. The molecule has 0 unspecified atom stereocenters. The van der Waals surface area contributed by atoms with Crippen molar-refractivity contribution in [3.05, 3.63) is 46.7 Å². The quantitative estimate of drug-likeness (QED) is 0.929. The van der Waals surface area contributed by atoms with E-state index in [-0.39, 0.29) is 6.03 Å². The monoisotopic (exact) mass is 276 g/mol. The lowest BCUT2D eigenvalue weighted by Gasteiger charge is -2.18. The molecule has 4 nitrogen and oxygen atoms in total. The van der Waals surface area contributed by atoms with Gasteiger partial charge in [-0.3, -0.25) is 0 Å². The second-order valence-electron chi connectivity index (χ2n) is 4.12. The number of nitrogens with one attached hydrogen (secondary N) is 1. The molecule has 0 atom stereocenters. The number of carbonyl (C=O) groups excluding carboxylic acids is 1. The molecule has 0 saturated carbocycles. The fourth-order valence-corrected chi connectivity index (χ4v) is 2.35. The number of para-hydroxylation sites is 2. The van der Waals surface area contributed by atoms with Crippen molar-refractivity contribution in [1.29, 1.82) is 0 Å². The number of ether oxygens (including phenoxy) is 1. The Kier molecular flexibility index (Phi) is 4.41. The molecule has 0 aliphatic carbocycles. The summed E-state index contributed by atoms with van der Waals surface area (Å²) in [5.74, 6) is 0.653. The van der Waals surface area contributed by atoms with Gasteiger partial charge >= 0.3 is 6.03 Å². The lowest BCUT2D eigenvalue weighted by Crippen LogP contribution is -2.30. The molecule has 1 aromatic carbocycles. The molecule has 0 fully saturated rings. The average Bonchev–Trinajstić information content (AvgIpc) is 2.92. The minimum Gasteiger partial charge on any atom is -0.495 e. The lowest BCUT2D eigenvalue weighted by atomic mass is 10.3. The zero-order valence-corrected chi connectivity index (χ0v) is 11.7. The maximum Gasteiger partial charge on any atom is 0.321 e. The van der Waals surface area contributed by atoms with Gasteiger partial charge in [0.1, 0.15) is 5.75 Å². The molecule has 0 spiro atoms. The van der Waals surface area contributed by atoms with Gasteiger partial charge < -0.3 is 15.0 Å². The number of urea groups is 1. The van der Waals surface area contributed by atoms with E-state index in [1.54, 1.807) is 30.4 Å². The molecule has 2 amide bonds. The highest BCUT2D eigenvalue weighted by Gasteiger charge is 2.11. The Morgan fingerprint density at radius 2 is 2.16 bits per heavy atom. The highest BCUT2D eigenvalue weighted by atomic mass is 32.1. The smallest absolute Gasteiger partial charge is 0.321 e. The van der Waals surface area contributed by atoms with Crippen molar-refractivity contribution in [3.63, 3.8) is 0 Å². The summed E-state index contributed by atoms with van der Waals surface area (Å²) in [6.45, 7) is 0.588. The van der Waals surface area contributed by atoms with E-state index in [1.165, 1.54) is 0 Å². The van der Waals surface area contributed by atoms with Crippen LogP contribution >= 0.6 is 11.3 Å². The van der Waals surface area contributed by atoms with Gasteiger partial charge in [0.15, 0.2) is 0 Å². The Morgan fingerprint density at radius 3 is 2.84 bits per heavy atom. The standard InChI is InChI=1S/C14H16N2O2S/c1-16(9-11-7-8-19-10-11)14(17)15-12-5-3-4-6-13(12)18-2/h3-8,10H,9H2,1-2H3,(H,15,17). The Balaban J connectivity index is 2.00. The number of amides is 2. The summed E-state index contributed by atoms with van der Waals surface area (Å²) in [6.07, 6.45) is 0. The summed E-state index contributed by atoms with van der Waals surface area (Å²) < 4.78 is 5.20. The highest BCUT2D eigenvalue weighted by molar-refractivity contribution is 7.07. The first-order valence-electron chi connectivity index (χ1n) is 5.87. The van der Waals surface area contributed by atoms with Crippen molar-refractivity contribution in [1.82, 2.24) is 4.90 Å². The van der Waals surface area contributed by atoms with Gasteiger partial charge in [-0.25, -0.2) is 4.79 Å². The Morgan fingerprint density at radius 1 is 1.37 bits per heavy atom. The number of anilines is 1. The largest absolute Gasteiger partial charge is 0.495 e. The number of rotatable bonds is 4. The molecule has 0 radical (unpaired) electrons. The van der Waals surface area contributed by atoms with Crippen LogP contribution in [0.15, 0.2) is 41.1 Å². The van der Waals surface area contributed by atoms with E-state index in [9.17, 15) is 4.79 Å². The lowest BCUT2D eigenvalue weighted by molar-refractivity contribution is 0.220. The second kappa shape index (κ2) is 6.24. The van der Waals surface area contributed by atoms with Gasteiger partial charge in [0.25, 0.3) is 0 Å². The molecule has 2 aromatic rings. The number of hydrogen-bond donors (Lipinski definition) is 1. The molecular weight excluding hydrogens is 260 g/mol. The second-order valence-corrected chi connectivity index (χ2v) is 4.90. The fourth-order valence-electron chi connectivity index (χ4n) is 1.69. The third-order valence-corrected chi connectivity index (χ3v) is 3.43. The van der Waals surface area contributed by atoms with Crippen molar-refractivity contribution in [2.45, 2.75) is 6.54 Å². The maximum absolute atomic E-state index is 12.1. The molecule has 0 aliphatic rings. The van der Waals surface area contributed by atoms with Crippen LogP contribution in [-0.2, 0) is 6.54 Å². The minimum absolute atomic E-state index is 0.157. The predicted octanol–water partition coefficient (Wildman–Crippen LogP) is 3.42. The molecule has 0 aliphatic heterocycles. The number of benzene rings is 1. The SMILES string of the molecule is COc1ccccc1NC(=O)N(C)Cc1ccsc1. The van der Waals surface area contributed by atoms with E-state index >= 15 is 0 Å². The molecule has 1 heterocycles. The summed E-state index contributed by atoms with van der Waals surface area (Å²) in [4.78, 5) is 13.7. The van der Waals surface area contributed by atoms with Crippen molar-refractivity contribution in [2.75, 3.05) is 19.5 Å². The molecule has 1 aromatic heterocycles. The summed E-state index contributed by atoms with van der Waals surface area (Å²) in [6, 6.07) is 9.21. The molecular formula is C14H16N2O2S. The molecule has 19 heavy (non-hydrogen) atoms. The van der Waals surface area contributed by atoms with Crippen LogP contribution in [0.1, 0.15) is 5.56 Å². The molecule has 1 N–H and O–H groups in total. The fraction of sp³-hybridized carbons (Fsp3) is 0.214. The summed E-state index contributed by atoms with van der Waals surface area (Å²) in [5.41, 5.74) is 1.80. The first-order chi connectivity index (χ1) is 9.20. The first kappa shape index (κ1) is 13.4. The van der Waals surface area contributed by atoms with Crippen molar-refractivity contribution in [3.8, 4) is 5.75 Å². The zero-order chi connectivity index (χ0) is 13.7. The topological polar surface area (TPSA) is 41.6 Å². The maximum atomic E-state index is 12.1. The van der Waals surface area contributed by atoms with Crippen LogP contribution in [0.25, 0.3) is 0 Å². The first-order valence-corrected chi connectivity index (χ1v) is 6.81.